The van der Waals surface area contributed by atoms with Gasteiger partial charge in [-0.05, 0) is 55.8 Å². The highest BCUT2D eigenvalue weighted by molar-refractivity contribution is 7.99. The lowest BCUT2D eigenvalue weighted by molar-refractivity contribution is 0.623. The number of aromatic amines is 1. The van der Waals surface area contributed by atoms with Gasteiger partial charge in [-0.3, -0.25) is 0 Å². The zero-order chi connectivity index (χ0) is 14.8. The fourth-order valence-electron chi connectivity index (χ4n) is 2.41. The first-order valence-electron chi connectivity index (χ1n) is 6.91. The second kappa shape index (κ2) is 5.92. The van der Waals surface area contributed by atoms with E-state index in [1.54, 1.807) is 17.8 Å². The van der Waals surface area contributed by atoms with Crippen molar-refractivity contribution in [1.29, 1.82) is 0 Å². The van der Waals surface area contributed by atoms with Gasteiger partial charge in [0.1, 0.15) is 5.82 Å². The Morgan fingerprint density at radius 2 is 2.00 bits per heavy atom. The van der Waals surface area contributed by atoms with Crippen LogP contribution in [0.5, 0.6) is 0 Å². The predicted molar refractivity (Wildman–Crippen MR) is 86.3 cm³/mol. The van der Waals surface area contributed by atoms with Crippen LogP contribution in [0.1, 0.15) is 11.1 Å². The molecule has 3 aromatic rings. The van der Waals surface area contributed by atoms with Gasteiger partial charge in [-0.25, -0.2) is 4.39 Å². The van der Waals surface area contributed by atoms with Crippen LogP contribution < -0.4 is 5.73 Å². The molecule has 0 saturated heterocycles. The number of H-pyrrole nitrogens is 1. The van der Waals surface area contributed by atoms with Gasteiger partial charge in [0.2, 0.25) is 0 Å². The Bertz CT molecular complexity index is 780. The average molecular weight is 300 g/mol. The van der Waals surface area contributed by atoms with Crippen LogP contribution in [0, 0.1) is 12.7 Å². The maximum absolute atomic E-state index is 13.4. The zero-order valence-electron chi connectivity index (χ0n) is 11.8. The third-order valence-corrected chi connectivity index (χ3v) is 4.63. The predicted octanol–water partition coefficient (Wildman–Crippen LogP) is 4.27. The highest BCUT2D eigenvalue weighted by Gasteiger charge is 2.09. The van der Waals surface area contributed by atoms with E-state index >= 15 is 0 Å². The standard InChI is InChI=1S/C17H17FN2S/c1-11-2-4-15-14(8-11)17(10-20-15)21-16-5-3-13(18)9-12(16)6-7-19/h2-5,8-10,20H,6-7,19H2,1H3. The Labute approximate surface area is 127 Å². The maximum Gasteiger partial charge on any atom is 0.123 e. The second-order valence-corrected chi connectivity index (χ2v) is 6.18. The van der Waals surface area contributed by atoms with Gasteiger partial charge in [0.15, 0.2) is 0 Å². The minimum atomic E-state index is -0.211. The van der Waals surface area contributed by atoms with Gasteiger partial charge in [-0.2, -0.15) is 0 Å². The summed E-state index contributed by atoms with van der Waals surface area (Å²) in [6, 6.07) is 11.3. The average Bonchev–Trinajstić information content (AvgIpc) is 2.84. The van der Waals surface area contributed by atoms with Crippen LogP contribution in [0.2, 0.25) is 0 Å². The lowest BCUT2D eigenvalue weighted by Crippen LogP contribution is -2.04. The van der Waals surface area contributed by atoms with E-state index in [4.69, 9.17) is 5.73 Å². The van der Waals surface area contributed by atoms with Crippen LogP contribution in [-0.4, -0.2) is 11.5 Å². The number of nitrogens with two attached hydrogens (primary N) is 1. The monoisotopic (exact) mass is 300 g/mol. The van der Waals surface area contributed by atoms with E-state index in [0.29, 0.717) is 13.0 Å². The molecule has 0 aliphatic carbocycles. The highest BCUT2D eigenvalue weighted by Crippen LogP contribution is 2.36. The van der Waals surface area contributed by atoms with E-state index in [1.165, 1.54) is 17.0 Å². The van der Waals surface area contributed by atoms with E-state index in [1.807, 2.05) is 12.3 Å². The molecular formula is C17H17FN2S. The topological polar surface area (TPSA) is 41.8 Å². The molecule has 108 valence electrons. The second-order valence-electron chi connectivity index (χ2n) is 5.09. The minimum absolute atomic E-state index is 0.211. The molecule has 1 aromatic heterocycles. The van der Waals surface area contributed by atoms with Crippen LogP contribution in [0.3, 0.4) is 0 Å². The Morgan fingerprint density at radius 3 is 2.81 bits per heavy atom. The van der Waals surface area contributed by atoms with Crippen molar-refractivity contribution in [1.82, 2.24) is 4.98 Å². The summed E-state index contributed by atoms with van der Waals surface area (Å²) in [4.78, 5) is 5.49. The summed E-state index contributed by atoms with van der Waals surface area (Å²) < 4.78 is 13.4. The van der Waals surface area contributed by atoms with Crippen molar-refractivity contribution >= 4 is 22.7 Å². The molecule has 21 heavy (non-hydrogen) atoms. The lowest BCUT2D eigenvalue weighted by Gasteiger charge is -2.08. The van der Waals surface area contributed by atoms with Gasteiger partial charge in [0, 0.05) is 26.9 Å². The number of aromatic nitrogens is 1. The van der Waals surface area contributed by atoms with Crippen molar-refractivity contribution in [2.24, 2.45) is 5.73 Å². The molecule has 0 unspecified atom stereocenters. The van der Waals surface area contributed by atoms with Gasteiger partial charge in [-0.1, -0.05) is 23.4 Å². The maximum atomic E-state index is 13.4. The lowest BCUT2D eigenvalue weighted by atomic mass is 10.1. The molecule has 4 heteroatoms. The van der Waals surface area contributed by atoms with Gasteiger partial charge in [0.05, 0.1) is 0 Å². The minimum Gasteiger partial charge on any atom is -0.360 e. The first kappa shape index (κ1) is 14.2. The van der Waals surface area contributed by atoms with Crippen molar-refractivity contribution < 1.29 is 4.39 Å². The van der Waals surface area contributed by atoms with Crippen molar-refractivity contribution in [3.63, 3.8) is 0 Å². The fraction of sp³-hybridized carbons (Fsp3) is 0.176. The van der Waals surface area contributed by atoms with Gasteiger partial charge >= 0.3 is 0 Å². The number of nitrogens with one attached hydrogen (secondary N) is 1. The summed E-state index contributed by atoms with van der Waals surface area (Å²) in [5, 5.41) is 1.20. The molecule has 0 bridgehead atoms. The van der Waals surface area contributed by atoms with Crippen molar-refractivity contribution in [2.75, 3.05) is 6.54 Å². The Morgan fingerprint density at radius 1 is 1.14 bits per heavy atom. The van der Waals surface area contributed by atoms with E-state index in [2.05, 4.69) is 30.1 Å². The number of fused-ring (bicyclic) bond motifs is 1. The molecule has 3 N–H and O–H groups in total. The van der Waals surface area contributed by atoms with Crippen LogP contribution in [0.4, 0.5) is 4.39 Å². The van der Waals surface area contributed by atoms with Crippen molar-refractivity contribution in [3.8, 4) is 0 Å². The van der Waals surface area contributed by atoms with Crippen molar-refractivity contribution in [3.05, 3.63) is 59.5 Å². The summed E-state index contributed by atoms with van der Waals surface area (Å²) in [7, 11) is 0. The third-order valence-electron chi connectivity index (χ3n) is 3.46. The molecule has 0 atom stereocenters. The molecule has 0 fully saturated rings. The van der Waals surface area contributed by atoms with Crippen LogP contribution in [0.15, 0.2) is 52.4 Å². The molecule has 0 amide bonds. The summed E-state index contributed by atoms with van der Waals surface area (Å²) in [5.74, 6) is -0.211. The number of benzene rings is 2. The normalized spacial score (nSPS) is 11.2. The zero-order valence-corrected chi connectivity index (χ0v) is 12.6. The molecule has 0 aliphatic rings. The number of hydrogen-bond acceptors (Lipinski definition) is 2. The number of rotatable bonds is 4. The molecule has 3 rings (SSSR count). The SMILES string of the molecule is Cc1ccc2[nH]cc(Sc3ccc(F)cc3CCN)c2c1. The van der Waals surface area contributed by atoms with Crippen LogP contribution >= 0.6 is 11.8 Å². The van der Waals surface area contributed by atoms with Crippen LogP contribution in [0.25, 0.3) is 10.9 Å². The van der Waals surface area contributed by atoms with E-state index in [9.17, 15) is 4.39 Å². The Hall–Kier alpha value is -1.78. The molecule has 0 spiro atoms. The smallest absolute Gasteiger partial charge is 0.123 e. The highest BCUT2D eigenvalue weighted by atomic mass is 32.2. The quantitative estimate of drug-likeness (QED) is 0.755. The van der Waals surface area contributed by atoms with E-state index in [0.717, 1.165) is 20.9 Å². The molecule has 0 saturated carbocycles. The number of hydrogen-bond donors (Lipinski definition) is 2. The summed E-state index contributed by atoms with van der Waals surface area (Å²) in [5.41, 5.74) is 8.93. The number of halogens is 1. The molecule has 2 nitrogen and oxygen atoms in total. The fourth-order valence-corrected chi connectivity index (χ4v) is 3.47. The van der Waals surface area contributed by atoms with E-state index in [-0.39, 0.29) is 5.82 Å². The third kappa shape index (κ3) is 2.96. The van der Waals surface area contributed by atoms with Gasteiger partial charge in [0.25, 0.3) is 0 Å². The molecule has 0 aliphatic heterocycles. The summed E-state index contributed by atoms with van der Waals surface area (Å²) in [6.07, 6.45) is 2.69. The Kier molecular flexibility index (Phi) is 3.99. The van der Waals surface area contributed by atoms with Crippen molar-refractivity contribution in [2.45, 2.75) is 23.1 Å². The molecular weight excluding hydrogens is 283 g/mol. The van der Waals surface area contributed by atoms with Crippen LogP contribution in [-0.2, 0) is 6.42 Å². The largest absolute Gasteiger partial charge is 0.360 e. The molecule has 1 heterocycles. The first-order chi connectivity index (χ1) is 10.2. The van der Waals surface area contributed by atoms with E-state index < -0.39 is 0 Å². The Balaban J connectivity index is 2.00. The molecule has 2 aromatic carbocycles. The number of aryl methyl sites for hydroxylation is 1. The van der Waals surface area contributed by atoms with Gasteiger partial charge in [-0.15, -0.1) is 0 Å². The van der Waals surface area contributed by atoms with Gasteiger partial charge < -0.3 is 10.7 Å². The summed E-state index contributed by atoms with van der Waals surface area (Å²) in [6.45, 7) is 2.60. The summed E-state index contributed by atoms with van der Waals surface area (Å²) >= 11 is 1.65. The molecule has 0 radical (unpaired) electrons. The first-order valence-corrected chi connectivity index (χ1v) is 7.73.